The van der Waals surface area contributed by atoms with Crippen molar-refractivity contribution in [3.05, 3.63) is 35.6 Å². The van der Waals surface area contributed by atoms with Gasteiger partial charge in [0.25, 0.3) is 5.91 Å². The van der Waals surface area contributed by atoms with Crippen molar-refractivity contribution in [2.75, 3.05) is 26.8 Å². The van der Waals surface area contributed by atoms with Crippen LogP contribution in [0, 0.1) is 11.7 Å². The van der Waals surface area contributed by atoms with Crippen LogP contribution in [0.5, 0.6) is 0 Å². The van der Waals surface area contributed by atoms with E-state index >= 15 is 0 Å². The summed E-state index contributed by atoms with van der Waals surface area (Å²) in [5.41, 5.74) is -0.0486. The predicted molar refractivity (Wildman–Crippen MR) is 75.6 cm³/mol. The van der Waals surface area contributed by atoms with Gasteiger partial charge in [0.2, 0.25) is 0 Å². The molecule has 0 aliphatic rings. The molecule has 5 nitrogen and oxygen atoms in total. The molecule has 0 saturated heterocycles. The van der Waals surface area contributed by atoms with E-state index in [0.29, 0.717) is 19.6 Å². The van der Waals surface area contributed by atoms with Crippen LogP contribution in [0.25, 0.3) is 0 Å². The maximum atomic E-state index is 13.7. The van der Waals surface area contributed by atoms with Gasteiger partial charge < -0.3 is 14.7 Å². The van der Waals surface area contributed by atoms with Crippen molar-refractivity contribution in [1.29, 1.82) is 0 Å². The van der Waals surface area contributed by atoms with Crippen LogP contribution in [-0.2, 0) is 9.53 Å². The van der Waals surface area contributed by atoms with Gasteiger partial charge in [-0.1, -0.05) is 19.1 Å². The summed E-state index contributed by atoms with van der Waals surface area (Å²) >= 11 is 0. The number of carboxylic acids is 1. The molecule has 0 aliphatic heterocycles. The Morgan fingerprint density at radius 1 is 1.38 bits per heavy atom. The highest BCUT2D eigenvalue weighted by Crippen LogP contribution is 2.12. The maximum absolute atomic E-state index is 13.7. The highest BCUT2D eigenvalue weighted by atomic mass is 19.1. The predicted octanol–water partition coefficient (Wildman–Crippen LogP) is 2.03. The lowest BCUT2D eigenvalue weighted by Crippen LogP contribution is -2.38. The second-order valence-corrected chi connectivity index (χ2v) is 4.82. The standard InChI is InChI=1S/C15H20FNO4/c1-11(15(19)20)10-17(8-5-9-21-2)14(18)12-6-3-4-7-13(12)16/h3-4,6-7,11H,5,8-10H2,1-2H3,(H,19,20). The van der Waals surface area contributed by atoms with E-state index < -0.39 is 23.6 Å². The third kappa shape index (κ3) is 5.15. The molecule has 0 fully saturated rings. The number of halogens is 1. The normalized spacial score (nSPS) is 12.0. The van der Waals surface area contributed by atoms with Crippen molar-refractivity contribution in [3.63, 3.8) is 0 Å². The van der Waals surface area contributed by atoms with Gasteiger partial charge in [-0.2, -0.15) is 0 Å². The number of carbonyl (C=O) groups is 2. The van der Waals surface area contributed by atoms with E-state index in [4.69, 9.17) is 9.84 Å². The highest BCUT2D eigenvalue weighted by molar-refractivity contribution is 5.94. The number of ether oxygens (including phenoxy) is 1. The first-order chi connectivity index (χ1) is 9.97. The fourth-order valence-corrected chi connectivity index (χ4v) is 1.89. The molecular weight excluding hydrogens is 277 g/mol. The number of nitrogens with zero attached hydrogens (tertiary/aromatic N) is 1. The van der Waals surface area contributed by atoms with Gasteiger partial charge in [-0.25, -0.2) is 4.39 Å². The Morgan fingerprint density at radius 3 is 2.62 bits per heavy atom. The first-order valence-corrected chi connectivity index (χ1v) is 6.73. The van der Waals surface area contributed by atoms with Gasteiger partial charge in [0.15, 0.2) is 0 Å². The van der Waals surface area contributed by atoms with Crippen LogP contribution in [0.15, 0.2) is 24.3 Å². The van der Waals surface area contributed by atoms with Crippen molar-refractivity contribution in [2.45, 2.75) is 13.3 Å². The summed E-state index contributed by atoms with van der Waals surface area (Å²) in [5, 5.41) is 8.97. The summed E-state index contributed by atoms with van der Waals surface area (Å²) in [6, 6.07) is 5.68. The average molecular weight is 297 g/mol. The van der Waals surface area contributed by atoms with E-state index in [-0.39, 0.29) is 12.1 Å². The van der Waals surface area contributed by atoms with E-state index in [9.17, 15) is 14.0 Å². The Balaban J connectivity index is 2.86. The number of amides is 1. The molecule has 1 unspecified atom stereocenters. The molecule has 21 heavy (non-hydrogen) atoms. The molecule has 0 heterocycles. The quantitative estimate of drug-likeness (QED) is 0.746. The van der Waals surface area contributed by atoms with E-state index in [1.54, 1.807) is 13.2 Å². The SMILES string of the molecule is COCCCN(CC(C)C(=O)O)C(=O)c1ccccc1F. The molecule has 0 bridgehead atoms. The topological polar surface area (TPSA) is 66.8 Å². The van der Waals surface area contributed by atoms with E-state index in [1.807, 2.05) is 0 Å². The number of hydrogen-bond acceptors (Lipinski definition) is 3. The Kier molecular flexibility index (Phi) is 6.81. The van der Waals surface area contributed by atoms with Crippen LogP contribution in [0.3, 0.4) is 0 Å². The van der Waals surface area contributed by atoms with E-state index in [0.717, 1.165) is 0 Å². The van der Waals surface area contributed by atoms with Gasteiger partial charge in [0, 0.05) is 26.8 Å². The monoisotopic (exact) mass is 297 g/mol. The van der Waals surface area contributed by atoms with Gasteiger partial charge in [-0.05, 0) is 18.6 Å². The molecule has 1 N–H and O–H groups in total. The summed E-state index contributed by atoms with van der Waals surface area (Å²) in [5.74, 6) is -2.82. The zero-order valence-corrected chi connectivity index (χ0v) is 12.2. The first-order valence-electron chi connectivity index (χ1n) is 6.73. The number of hydrogen-bond donors (Lipinski definition) is 1. The number of carbonyl (C=O) groups excluding carboxylic acids is 1. The third-order valence-corrected chi connectivity index (χ3v) is 3.08. The molecule has 1 atom stereocenters. The van der Waals surface area contributed by atoms with Crippen LogP contribution in [0.1, 0.15) is 23.7 Å². The van der Waals surface area contributed by atoms with Crippen LogP contribution >= 0.6 is 0 Å². The lowest BCUT2D eigenvalue weighted by molar-refractivity contribution is -0.141. The molecule has 1 rings (SSSR count). The fraction of sp³-hybridized carbons (Fsp3) is 0.467. The highest BCUT2D eigenvalue weighted by Gasteiger charge is 2.23. The second kappa shape index (κ2) is 8.36. The number of benzene rings is 1. The molecular formula is C15H20FNO4. The van der Waals surface area contributed by atoms with Gasteiger partial charge >= 0.3 is 5.97 Å². The summed E-state index contributed by atoms with van der Waals surface area (Å²) in [6.07, 6.45) is 0.559. The van der Waals surface area contributed by atoms with Gasteiger partial charge in [0.05, 0.1) is 11.5 Å². The molecule has 0 aliphatic carbocycles. The van der Waals surface area contributed by atoms with Crippen LogP contribution in [0.4, 0.5) is 4.39 Å². The molecule has 1 aromatic carbocycles. The maximum Gasteiger partial charge on any atom is 0.308 e. The van der Waals surface area contributed by atoms with Crippen molar-refractivity contribution in [2.24, 2.45) is 5.92 Å². The third-order valence-electron chi connectivity index (χ3n) is 3.08. The van der Waals surface area contributed by atoms with Gasteiger partial charge in [-0.15, -0.1) is 0 Å². The van der Waals surface area contributed by atoms with Crippen LogP contribution < -0.4 is 0 Å². The fourth-order valence-electron chi connectivity index (χ4n) is 1.89. The molecule has 116 valence electrons. The Bertz CT molecular complexity index is 492. The van der Waals surface area contributed by atoms with Crippen molar-refractivity contribution in [3.8, 4) is 0 Å². The average Bonchev–Trinajstić information content (AvgIpc) is 2.46. The summed E-state index contributed by atoms with van der Waals surface area (Å²) in [7, 11) is 1.54. The van der Waals surface area contributed by atoms with Gasteiger partial charge in [0.1, 0.15) is 5.82 Å². The van der Waals surface area contributed by atoms with Crippen LogP contribution in [-0.4, -0.2) is 48.7 Å². The second-order valence-electron chi connectivity index (χ2n) is 4.82. The molecule has 1 amide bonds. The molecule has 6 heteroatoms. The summed E-state index contributed by atoms with van der Waals surface area (Å²) < 4.78 is 18.6. The number of aliphatic carboxylic acids is 1. The largest absolute Gasteiger partial charge is 0.481 e. The van der Waals surface area contributed by atoms with Crippen molar-refractivity contribution in [1.82, 2.24) is 4.90 Å². The number of carboxylic acid groups (broad SMARTS) is 1. The smallest absolute Gasteiger partial charge is 0.308 e. The summed E-state index contributed by atoms with van der Waals surface area (Å²) in [6.45, 7) is 2.31. The Morgan fingerprint density at radius 2 is 2.05 bits per heavy atom. The zero-order chi connectivity index (χ0) is 15.8. The molecule has 0 spiro atoms. The Hall–Kier alpha value is -1.95. The minimum atomic E-state index is -0.993. The Labute approximate surface area is 123 Å². The van der Waals surface area contributed by atoms with Gasteiger partial charge in [-0.3, -0.25) is 9.59 Å². The number of methoxy groups -OCH3 is 1. The minimum absolute atomic E-state index is 0.0339. The summed E-state index contributed by atoms with van der Waals surface area (Å²) in [4.78, 5) is 24.7. The minimum Gasteiger partial charge on any atom is -0.481 e. The van der Waals surface area contributed by atoms with E-state index in [2.05, 4.69) is 0 Å². The van der Waals surface area contributed by atoms with Crippen molar-refractivity contribution >= 4 is 11.9 Å². The number of rotatable bonds is 8. The lowest BCUT2D eigenvalue weighted by Gasteiger charge is -2.24. The zero-order valence-electron chi connectivity index (χ0n) is 12.2. The lowest BCUT2D eigenvalue weighted by atomic mass is 10.1. The molecule has 0 saturated carbocycles. The van der Waals surface area contributed by atoms with Crippen LogP contribution in [0.2, 0.25) is 0 Å². The molecule has 0 aromatic heterocycles. The van der Waals surface area contributed by atoms with Crippen molar-refractivity contribution < 1.29 is 23.8 Å². The molecule has 0 radical (unpaired) electrons. The molecule has 1 aromatic rings. The van der Waals surface area contributed by atoms with E-state index in [1.165, 1.54) is 30.0 Å². The first kappa shape index (κ1) is 17.1.